The molecule has 0 unspecified atom stereocenters. The van der Waals surface area contributed by atoms with Gasteiger partial charge in [0.25, 0.3) is 5.91 Å². The first-order chi connectivity index (χ1) is 10.2. The highest BCUT2D eigenvalue weighted by Crippen LogP contribution is 2.24. The van der Waals surface area contributed by atoms with Crippen LogP contribution in [0.25, 0.3) is 10.8 Å². The molecule has 0 aliphatic rings. The number of anilines is 1. The predicted molar refractivity (Wildman–Crippen MR) is 75.4 cm³/mol. The van der Waals surface area contributed by atoms with E-state index in [0.717, 1.165) is 0 Å². The van der Waals surface area contributed by atoms with Crippen LogP contribution < -0.4 is 5.32 Å². The lowest BCUT2D eigenvalue weighted by Crippen LogP contribution is -2.13. The van der Waals surface area contributed by atoms with Gasteiger partial charge >= 0.3 is 5.97 Å². The van der Waals surface area contributed by atoms with Gasteiger partial charge in [-0.15, -0.1) is 0 Å². The Balaban J connectivity index is 2.13. The molecule has 1 amide bonds. The van der Waals surface area contributed by atoms with Crippen LogP contribution in [0.2, 0.25) is 0 Å². The summed E-state index contributed by atoms with van der Waals surface area (Å²) in [5.41, 5.74) is 0.778. The number of carbonyl (C=O) groups is 2. The Morgan fingerprint density at radius 1 is 1.10 bits per heavy atom. The number of fused-ring (bicyclic) bond motifs is 1. The Morgan fingerprint density at radius 2 is 1.81 bits per heavy atom. The summed E-state index contributed by atoms with van der Waals surface area (Å²) in [5, 5.41) is 16.5. The lowest BCUT2D eigenvalue weighted by Gasteiger charge is -2.09. The zero-order valence-electron chi connectivity index (χ0n) is 10.7. The third-order valence-electron chi connectivity index (χ3n) is 3.07. The van der Waals surface area contributed by atoms with E-state index in [9.17, 15) is 14.7 Å². The topological polar surface area (TPSA) is 92.4 Å². The largest absolute Gasteiger partial charge is 0.478 e. The molecule has 21 heavy (non-hydrogen) atoms. The molecule has 104 valence electrons. The van der Waals surface area contributed by atoms with Gasteiger partial charge in [0.1, 0.15) is 12.0 Å². The summed E-state index contributed by atoms with van der Waals surface area (Å²) in [6, 6.07) is 9.93. The van der Waals surface area contributed by atoms with Gasteiger partial charge in [0.05, 0.1) is 11.8 Å². The predicted octanol–water partition coefficient (Wildman–Crippen LogP) is 2.78. The molecular weight excluding hydrogens is 272 g/mol. The number of rotatable bonds is 3. The Hall–Kier alpha value is -3.15. The average molecular weight is 282 g/mol. The molecule has 2 N–H and O–H groups in total. The first-order valence-electron chi connectivity index (χ1n) is 6.12. The van der Waals surface area contributed by atoms with Crippen molar-refractivity contribution in [1.29, 1.82) is 0 Å². The molecule has 0 saturated heterocycles. The number of nitrogens with zero attached hydrogens (tertiary/aromatic N) is 1. The molecule has 2 aromatic carbocycles. The molecule has 0 bridgehead atoms. The number of benzene rings is 2. The number of nitrogens with one attached hydrogen (secondary N) is 1. The molecule has 3 rings (SSSR count). The van der Waals surface area contributed by atoms with E-state index in [-0.39, 0.29) is 11.1 Å². The number of carboxylic acids is 1. The van der Waals surface area contributed by atoms with Crippen molar-refractivity contribution in [2.24, 2.45) is 0 Å². The number of amides is 1. The number of hydrogen-bond donors (Lipinski definition) is 2. The second kappa shape index (κ2) is 5.09. The van der Waals surface area contributed by atoms with Gasteiger partial charge in [-0.3, -0.25) is 4.79 Å². The van der Waals surface area contributed by atoms with Gasteiger partial charge in [-0.25, -0.2) is 4.79 Å². The molecular formula is C15H10N2O4. The van der Waals surface area contributed by atoms with Gasteiger partial charge in [0.15, 0.2) is 0 Å². The van der Waals surface area contributed by atoms with Gasteiger partial charge in [-0.05, 0) is 17.5 Å². The van der Waals surface area contributed by atoms with Crippen LogP contribution in [0.15, 0.2) is 53.4 Å². The minimum Gasteiger partial charge on any atom is -0.478 e. The SMILES string of the molecule is O=C(O)c1cccc2cccc(C(=O)Nc3cnoc3)c12. The third-order valence-corrected chi connectivity index (χ3v) is 3.07. The minimum atomic E-state index is -1.08. The summed E-state index contributed by atoms with van der Waals surface area (Å²) < 4.78 is 4.64. The summed E-state index contributed by atoms with van der Waals surface area (Å²) in [5.74, 6) is -1.50. The molecule has 1 heterocycles. The number of aromatic carboxylic acids is 1. The van der Waals surface area contributed by atoms with E-state index < -0.39 is 11.9 Å². The Morgan fingerprint density at radius 3 is 2.43 bits per heavy atom. The fraction of sp³-hybridized carbons (Fsp3) is 0. The van der Waals surface area contributed by atoms with Gasteiger partial charge in [0.2, 0.25) is 0 Å². The zero-order valence-corrected chi connectivity index (χ0v) is 10.7. The monoisotopic (exact) mass is 282 g/mol. The number of carboxylic acid groups (broad SMARTS) is 1. The van der Waals surface area contributed by atoms with Crippen molar-refractivity contribution in [1.82, 2.24) is 5.16 Å². The summed E-state index contributed by atoms with van der Waals surface area (Å²) in [7, 11) is 0. The van der Waals surface area contributed by atoms with Crippen molar-refractivity contribution in [3.05, 3.63) is 60.0 Å². The maximum atomic E-state index is 12.3. The molecule has 6 nitrogen and oxygen atoms in total. The Labute approximate surface area is 119 Å². The van der Waals surface area contributed by atoms with Crippen LogP contribution in [0.4, 0.5) is 5.69 Å². The van der Waals surface area contributed by atoms with Gasteiger partial charge in [0, 0.05) is 10.9 Å². The van der Waals surface area contributed by atoms with Gasteiger partial charge in [-0.1, -0.05) is 29.4 Å². The standard InChI is InChI=1S/C15H10N2O4/c18-14(17-10-7-16-21-8-10)11-5-1-3-9-4-2-6-12(13(9)11)15(19)20/h1-8H,(H,17,18)(H,19,20). The van der Waals surface area contributed by atoms with E-state index in [1.807, 2.05) is 0 Å². The fourth-order valence-electron chi connectivity index (χ4n) is 2.17. The van der Waals surface area contributed by atoms with Crippen molar-refractivity contribution in [2.45, 2.75) is 0 Å². The third kappa shape index (κ3) is 2.34. The number of aromatic nitrogens is 1. The van der Waals surface area contributed by atoms with E-state index in [4.69, 9.17) is 0 Å². The molecule has 6 heteroatoms. The highest BCUT2D eigenvalue weighted by molar-refractivity contribution is 6.17. The summed E-state index contributed by atoms with van der Waals surface area (Å²) in [4.78, 5) is 23.7. The number of carbonyl (C=O) groups excluding carboxylic acids is 1. The van der Waals surface area contributed by atoms with E-state index in [1.54, 1.807) is 30.3 Å². The van der Waals surface area contributed by atoms with Crippen molar-refractivity contribution in [2.75, 3.05) is 5.32 Å². The molecule has 0 spiro atoms. The van der Waals surface area contributed by atoms with Crippen LogP contribution in [0.5, 0.6) is 0 Å². The lowest BCUT2D eigenvalue weighted by molar-refractivity contribution is 0.0699. The minimum absolute atomic E-state index is 0.0866. The van der Waals surface area contributed by atoms with Crippen LogP contribution in [0.1, 0.15) is 20.7 Å². The van der Waals surface area contributed by atoms with E-state index >= 15 is 0 Å². The van der Waals surface area contributed by atoms with Crippen molar-refractivity contribution >= 4 is 28.3 Å². The fourth-order valence-corrected chi connectivity index (χ4v) is 2.17. The smallest absolute Gasteiger partial charge is 0.336 e. The maximum absolute atomic E-state index is 12.3. The molecule has 0 atom stereocenters. The van der Waals surface area contributed by atoms with Crippen molar-refractivity contribution in [3.8, 4) is 0 Å². The van der Waals surface area contributed by atoms with E-state index in [0.29, 0.717) is 16.5 Å². The maximum Gasteiger partial charge on any atom is 0.336 e. The average Bonchev–Trinajstić information content (AvgIpc) is 2.98. The summed E-state index contributed by atoms with van der Waals surface area (Å²) >= 11 is 0. The van der Waals surface area contributed by atoms with Crippen LogP contribution >= 0.6 is 0 Å². The highest BCUT2D eigenvalue weighted by atomic mass is 16.5. The second-order valence-electron chi connectivity index (χ2n) is 4.38. The molecule has 0 radical (unpaired) electrons. The molecule has 1 aromatic heterocycles. The highest BCUT2D eigenvalue weighted by Gasteiger charge is 2.16. The van der Waals surface area contributed by atoms with Gasteiger partial charge in [-0.2, -0.15) is 0 Å². The summed E-state index contributed by atoms with van der Waals surface area (Å²) in [6.45, 7) is 0. The van der Waals surface area contributed by atoms with Crippen LogP contribution in [0, 0.1) is 0 Å². The van der Waals surface area contributed by atoms with Crippen molar-refractivity contribution in [3.63, 3.8) is 0 Å². The zero-order chi connectivity index (χ0) is 14.8. The molecule has 3 aromatic rings. The van der Waals surface area contributed by atoms with E-state index in [1.165, 1.54) is 18.5 Å². The van der Waals surface area contributed by atoms with Crippen LogP contribution in [-0.2, 0) is 0 Å². The first-order valence-corrected chi connectivity index (χ1v) is 6.12. The molecule has 0 aliphatic carbocycles. The Bertz CT molecular complexity index is 820. The molecule has 0 saturated carbocycles. The molecule has 0 fully saturated rings. The van der Waals surface area contributed by atoms with Crippen LogP contribution in [-0.4, -0.2) is 22.1 Å². The molecule has 0 aliphatic heterocycles. The first kappa shape index (κ1) is 12.9. The Kier molecular flexibility index (Phi) is 3.12. The number of hydrogen-bond acceptors (Lipinski definition) is 4. The van der Waals surface area contributed by atoms with Crippen molar-refractivity contribution < 1.29 is 19.2 Å². The second-order valence-corrected chi connectivity index (χ2v) is 4.38. The quantitative estimate of drug-likeness (QED) is 0.770. The summed E-state index contributed by atoms with van der Waals surface area (Å²) in [6.07, 6.45) is 2.66. The van der Waals surface area contributed by atoms with E-state index in [2.05, 4.69) is 15.0 Å². The van der Waals surface area contributed by atoms with Crippen LogP contribution in [0.3, 0.4) is 0 Å². The normalized spacial score (nSPS) is 10.5. The lowest BCUT2D eigenvalue weighted by atomic mass is 9.98. The van der Waals surface area contributed by atoms with Gasteiger partial charge < -0.3 is 14.9 Å².